The van der Waals surface area contributed by atoms with Gasteiger partial charge in [0.1, 0.15) is 0 Å². The first-order valence-electron chi connectivity index (χ1n) is 7.95. The molecule has 1 aliphatic heterocycles. The van der Waals surface area contributed by atoms with Gasteiger partial charge in [-0.1, -0.05) is 12.1 Å². The van der Waals surface area contributed by atoms with Crippen LogP contribution in [0.25, 0.3) is 0 Å². The largest absolute Gasteiger partial charge is 0.454 e. The van der Waals surface area contributed by atoms with E-state index >= 15 is 0 Å². The fourth-order valence-electron chi connectivity index (χ4n) is 2.37. The number of fused-ring (bicyclic) bond motifs is 1. The van der Waals surface area contributed by atoms with Gasteiger partial charge in [-0.3, -0.25) is 4.79 Å². The predicted molar refractivity (Wildman–Crippen MR) is 94.2 cm³/mol. The molecule has 0 aliphatic carbocycles. The minimum Gasteiger partial charge on any atom is -0.454 e. The minimum absolute atomic E-state index is 0.00390. The number of carbonyl (C=O) groups excluding carboxylic acids is 2. The van der Waals surface area contributed by atoms with Gasteiger partial charge in [0.05, 0.1) is 10.5 Å². The molecule has 0 fully saturated rings. The quantitative estimate of drug-likeness (QED) is 0.739. The predicted octanol–water partition coefficient (Wildman–Crippen LogP) is 1.29. The molecule has 1 N–H and O–H groups in total. The molecule has 2 aromatic rings. The van der Waals surface area contributed by atoms with Crippen LogP contribution in [0.2, 0.25) is 0 Å². The van der Waals surface area contributed by atoms with E-state index in [1.807, 2.05) is 0 Å². The van der Waals surface area contributed by atoms with Crippen LogP contribution in [0.5, 0.6) is 11.5 Å². The lowest BCUT2D eigenvalue weighted by Gasteiger charge is -2.08. The third-order valence-electron chi connectivity index (χ3n) is 3.76. The van der Waals surface area contributed by atoms with Crippen molar-refractivity contribution in [2.45, 2.75) is 11.4 Å². The maximum atomic E-state index is 12.0. The zero-order valence-electron chi connectivity index (χ0n) is 14.4. The highest BCUT2D eigenvalue weighted by atomic mass is 32.2. The molecular formula is C18H17NO7S. The number of hydrogen-bond acceptors (Lipinski definition) is 7. The number of hydrogen-bond donors (Lipinski definition) is 1. The third-order valence-corrected chi connectivity index (χ3v) is 4.87. The Morgan fingerprint density at radius 1 is 1.11 bits per heavy atom. The highest BCUT2D eigenvalue weighted by Crippen LogP contribution is 2.32. The average molecular weight is 391 g/mol. The first-order chi connectivity index (χ1) is 12.8. The summed E-state index contributed by atoms with van der Waals surface area (Å²) in [7, 11) is -3.44. The minimum atomic E-state index is -3.44. The van der Waals surface area contributed by atoms with E-state index in [1.165, 1.54) is 24.3 Å². The Bertz CT molecular complexity index is 985. The van der Waals surface area contributed by atoms with Gasteiger partial charge in [0.25, 0.3) is 5.91 Å². The number of benzene rings is 2. The number of rotatable bonds is 6. The van der Waals surface area contributed by atoms with Gasteiger partial charge in [-0.05, 0) is 35.9 Å². The number of sulfone groups is 1. The van der Waals surface area contributed by atoms with Crippen LogP contribution < -0.4 is 14.8 Å². The van der Waals surface area contributed by atoms with E-state index in [1.54, 1.807) is 18.2 Å². The summed E-state index contributed by atoms with van der Waals surface area (Å²) in [6.45, 7) is -0.0787. The Hall–Kier alpha value is -3.07. The highest BCUT2D eigenvalue weighted by Gasteiger charge is 2.15. The van der Waals surface area contributed by atoms with Crippen molar-refractivity contribution in [1.82, 2.24) is 5.32 Å². The Kier molecular flexibility index (Phi) is 5.31. The second-order valence-corrected chi connectivity index (χ2v) is 7.86. The van der Waals surface area contributed by atoms with Crippen molar-refractivity contribution in [3.05, 3.63) is 53.6 Å². The van der Waals surface area contributed by atoms with E-state index in [-0.39, 0.29) is 23.8 Å². The summed E-state index contributed by atoms with van der Waals surface area (Å²) in [6, 6.07) is 10.7. The summed E-state index contributed by atoms with van der Waals surface area (Å²) in [5, 5.41) is 2.62. The molecule has 0 bridgehead atoms. The van der Waals surface area contributed by atoms with Crippen molar-refractivity contribution in [2.75, 3.05) is 19.7 Å². The van der Waals surface area contributed by atoms with Gasteiger partial charge < -0.3 is 19.5 Å². The maximum Gasteiger partial charge on any atom is 0.338 e. The van der Waals surface area contributed by atoms with E-state index in [0.717, 1.165) is 11.8 Å². The van der Waals surface area contributed by atoms with E-state index in [2.05, 4.69) is 5.32 Å². The molecule has 1 amide bonds. The number of ether oxygens (including phenoxy) is 3. The van der Waals surface area contributed by atoms with Crippen LogP contribution in [0.3, 0.4) is 0 Å². The van der Waals surface area contributed by atoms with E-state index in [0.29, 0.717) is 11.5 Å². The van der Waals surface area contributed by atoms with Gasteiger partial charge >= 0.3 is 5.97 Å². The first kappa shape index (κ1) is 18.7. The van der Waals surface area contributed by atoms with Crippen LogP contribution in [0, 0.1) is 0 Å². The van der Waals surface area contributed by atoms with Crippen molar-refractivity contribution >= 4 is 21.7 Å². The summed E-state index contributed by atoms with van der Waals surface area (Å²) in [4.78, 5) is 23.9. The van der Waals surface area contributed by atoms with Crippen LogP contribution in [0.1, 0.15) is 15.9 Å². The SMILES string of the molecule is CS(=O)(=O)c1cccc(C(=O)OCC(=O)NCc2ccc3c(c2)OCO3)c1. The average Bonchev–Trinajstić information content (AvgIpc) is 3.11. The van der Waals surface area contributed by atoms with E-state index < -0.39 is 28.3 Å². The molecular weight excluding hydrogens is 374 g/mol. The standard InChI is InChI=1S/C18H17NO7S/c1-27(22,23)14-4-2-3-13(8-14)18(21)24-10-17(20)19-9-12-5-6-15-16(7-12)26-11-25-15/h2-8H,9-11H2,1H3,(H,19,20). The van der Waals surface area contributed by atoms with Gasteiger partial charge in [-0.25, -0.2) is 13.2 Å². The van der Waals surface area contributed by atoms with Gasteiger partial charge in [0.15, 0.2) is 27.9 Å². The molecule has 0 saturated heterocycles. The van der Waals surface area contributed by atoms with Crippen molar-refractivity contribution < 1.29 is 32.2 Å². The van der Waals surface area contributed by atoms with Gasteiger partial charge in [0.2, 0.25) is 6.79 Å². The molecule has 9 heteroatoms. The topological polar surface area (TPSA) is 108 Å². The van der Waals surface area contributed by atoms with E-state index in [9.17, 15) is 18.0 Å². The second kappa shape index (κ2) is 7.67. The lowest BCUT2D eigenvalue weighted by atomic mass is 10.2. The number of carbonyl (C=O) groups is 2. The van der Waals surface area contributed by atoms with Crippen molar-refractivity contribution in [3.63, 3.8) is 0 Å². The molecule has 0 aromatic heterocycles. The van der Waals surface area contributed by atoms with Gasteiger partial charge in [-0.2, -0.15) is 0 Å². The van der Waals surface area contributed by atoms with Crippen molar-refractivity contribution in [3.8, 4) is 11.5 Å². The van der Waals surface area contributed by atoms with E-state index in [4.69, 9.17) is 14.2 Å². The first-order valence-corrected chi connectivity index (χ1v) is 9.84. The molecule has 3 rings (SSSR count). The van der Waals surface area contributed by atoms with Gasteiger partial charge in [0, 0.05) is 12.8 Å². The number of amides is 1. The molecule has 0 radical (unpaired) electrons. The lowest BCUT2D eigenvalue weighted by molar-refractivity contribution is -0.124. The summed E-state index contributed by atoms with van der Waals surface area (Å²) < 4.78 is 38.5. The van der Waals surface area contributed by atoms with Crippen LogP contribution in [-0.2, 0) is 25.9 Å². The van der Waals surface area contributed by atoms with Crippen LogP contribution in [0.15, 0.2) is 47.4 Å². The van der Waals surface area contributed by atoms with Crippen molar-refractivity contribution in [1.29, 1.82) is 0 Å². The molecule has 0 atom stereocenters. The van der Waals surface area contributed by atoms with Crippen LogP contribution >= 0.6 is 0 Å². The zero-order valence-corrected chi connectivity index (χ0v) is 15.2. The normalized spacial score (nSPS) is 12.5. The summed E-state index contributed by atoms with van der Waals surface area (Å²) >= 11 is 0. The molecule has 27 heavy (non-hydrogen) atoms. The molecule has 0 saturated carbocycles. The fourth-order valence-corrected chi connectivity index (χ4v) is 3.04. The Morgan fingerprint density at radius 2 is 1.89 bits per heavy atom. The molecule has 0 unspecified atom stereocenters. The second-order valence-electron chi connectivity index (χ2n) is 5.84. The Balaban J connectivity index is 1.51. The maximum absolute atomic E-state index is 12.0. The fraction of sp³-hybridized carbons (Fsp3) is 0.222. The highest BCUT2D eigenvalue weighted by molar-refractivity contribution is 7.90. The summed E-state index contributed by atoms with van der Waals surface area (Å²) in [5.41, 5.74) is 0.862. The van der Waals surface area contributed by atoms with Crippen molar-refractivity contribution in [2.24, 2.45) is 0 Å². The molecule has 0 spiro atoms. The molecule has 1 aliphatic rings. The number of nitrogens with one attached hydrogen (secondary N) is 1. The Labute approximate surface area is 156 Å². The van der Waals surface area contributed by atoms with Crippen LogP contribution in [0.4, 0.5) is 0 Å². The molecule has 8 nitrogen and oxygen atoms in total. The summed E-state index contributed by atoms with van der Waals surface area (Å²) in [5.74, 6) is -0.00622. The Morgan fingerprint density at radius 3 is 2.67 bits per heavy atom. The molecule has 2 aromatic carbocycles. The molecule has 1 heterocycles. The third kappa shape index (κ3) is 4.76. The van der Waals surface area contributed by atoms with Crippen LogP contribution in [-0.4, -0.2) is 39.9 Å². The number of esters is 1. The van der Waals surface area contributed by atoms with Gasteiger partial charge in [-0.15, -0.1) is 0 Å². The monoisotopic (exact) mass is 391 g/mol. The lowest BCUT2D eigenvalue weighted by Crippen LogP contribution is -2.28. The zero-order chi connectivity index (χ0) is 19.4. The molecule has 142 valence electrons. The summed E-state index contributed by atoms with van der Waals surface area (Å²) in [6.07, 6.45) is 1.04. The smallest absolute Gasteiger partial charge is 0.338 e.